The van der Waals surface area contributed by atoms with Crippen LogP contribution in [0.3, 0.4) is 0 Å². The number of aliphatic hydroxyl groups excluding tert-OH is 19. The average molecular weight is 1070 g/mol. The van der Waals surface area contributed by atoms with E-state index in [-0.39, 0.29) is 0 Å². The molecule has 73 heavy (non-hydrogen) atoms. The van der Waals surface area contributed by atoms with Gasteiger partial charge in [0.1, 0.15) is 146 Å². The van der Waals surface area contributed by atoms with Gasteiger partial charge in [-0.3, -0.25) is 9.59 Å². The van der Waals surface area contributed by atoms with Crippen LogP contribution in [0, 0.1) is 0 Å². The lowest BCUT2D eigenvalue weighted by Gasteiger charge is -2.49. The lowest BCUT2D eigenvalue weighted by Crippen LogP contribution is -2.69. The van der Waals surface area contributed by atoms with Crippen molar-refractivity contribution in [1.82, 2.24) is 10.6 Å². The maximum Gasteiger partial charge on any atom is 0.217 e. The summed E-state index contributed by atoms with van der Waals surface area (Å²) < 4.78 is 56.1. The number of carbonyl (C=O) groups is 2. The molecule has 5 saturated heterocycles. The Bertz CT molecular complexity index is 1700. The van der Waals surface area contributed by atoms with Gasteiger partial charge in [0.2, 0.25) is 11.8 Å². The number of amides is 2. The third-order valence-corrected chi connectivity index (χ3v) is 12.9. The SMILES string of the molecule is CC(=O)N[C@H]1[C@H](O[C@@H]([C@@H](O)[C@H](O)CO[C@@H]2O[C@H](CO)[C@@H](O[C@@H]3O[C@H](CO)[C@H](O)[C@H](O[C@H]4O[C@H](CO)[C@H](O)[C@H](O)[C@H]4O)[C@H]3O)[C@H](O)[C@H]2NC(C)=O)[C@@H](O)CO)O[C@H](CO)[C@@H](O[C@@H]2O[C@H](CO)[C@H](O)[C@H](O)[C@H]2O)[C@@H]1O. The fourth-order valence-corrected chi connectivity index (χ4v) is 8.82. The minimum absolute atomic E-state index is 0.835. The molecular weight excluding hydrogens is 1000 g/mol. The highest BCUT2D eigenvalue weighted by Gasteiger charge is 2.56. The van der Waals surface area contributed by atoms with Gasteiger partial charge in [0.15, 0.2) is 31.5 Å². The van der Waals surface area contributed by atoms with E-state index in [2.05, 4.69) is 10.6 Å². The van der Waals surface area contributed by atoms with Crippen molar-refractivity contribution in [1.29, 1.82) is 0 Å². The minimum Gasteiger partial charge on any atom is -0.394 e. The molecule has 0 saturated carbocycles. The first-order valence-corrected chi connectivity index (χ1v) is 23.0. The van der Waals surface area contributed by atoms with Crippen LogP contribution < -0.4 is 10.6 Å². The van der Waals surface area contributed by atoms with Crippen molar-refractivity contribution in [3.05, 3.63) is 0 Å². The molecule has 5 aliphatic heterocycles. The lowest BCUT2D eigenvalue weighted by atomic mass is 9.95. The Morgan fingerprint density at radius 3 is 1.22 bits per heavy atom. The zero-order valence-electron chi connectivity index (χ0n) is 39.1. The molecule has 5 fully saturated rings. The van der Waals surface area contributed by atoms with Crippen LogP contribution in [0.4, 0.5) is 0 Å². The summed E-state index contributed by atoms with van der Waals surface area (Å²) in [4.78, 5) is 24.8. The molecule has 5 rings (SSSR count). The number of ether oxygens (including phenoxy) is 10. The van der Waals surface area contributed by atoms with Gasteiger partial charge in [-0.15, -0.1) is 0 Å². The Kier molecular flexibility index (Phi) is 23.1. The second-order valence-electron chi connectivity index (χ2n) is 18.0. The summed E-state index contributed by atoms with van der Waals surface area (Å²) in [6.07, 6.45) is -51.4. The van der Waals surface area contributed by atoms with E-state index >= 15 is 0 Å². The van der Waals surface area contributed by atoms with Crippen LogP contribution in [-0.2, 0) is 57.0 Å². The summed E-state index contributed by atoms with van der Waals surface area (Å²) in [7, 11) is 0. The number of rotatable bonds is 22. The molecule has 0 aromatic carbocycles. The van der Waals surface area contributed by atoms with Crippen molar-refractivity contribution in [3.8, 4) is 0 Å². The summed E-state index contributed by atoms with van der Waals surface area (Å²) in [5.41, 5.74) is 0. The van der Waals surface area contributed by atoms with E-state index in [1.165, 1.54) is 0 Å². The highest BCUT2D eigenvalue weighted by molar-refractivity contribution is 5.73. The molecule has 33 nitrogen and oxygen atoms in total. The van der Waals surface area contributed by atoms with E-state index < -0.39 is 236 Å². The third-order valence-electron chi connectivity index (χ3n) is 12.9. The van der Waals surface area contributed by atoms with Crippen LogP contribution in [0.1, 0.15) is 13.8 Å². The Hall–Kier alpha value is -2.22. The zero-order valence-corrected chi connectivity index (χ0v) is 39.1. The maximum atomic E-state index is 12.4. The van der Waals surface area contributed by atoms with Crippen molar-refractivity contribution in [2.24, 2.45) is 0 Å². The van der Waals surface area contributed by atoms with Gasteiger partial charge in [0.05, 0.1) is 46.2 Å². The number of carbonyl (C=O) groups excluding carboxylic acids is 2. The van der Waals surface area contributed by atoms with Gasteiger partial charge in [-0.1, -0.05) is 0 Å². The number of aliphatic hydroxyl groups is 19. The second kappa shape index (κ2) is 27.4. The van der Waals surface area contributed by atoms with Gasteiger partial charge in [0, 0.05) is 13.8 Å². The summed E-state index contributed by atoms with van der Waals surface area (Å²) in [5.74, 6) is -1.68. The molecule has 0 bridgehead atoms. The molecule has 5 heterocycles. The molecule has 29 atom stereocenters. The zero-order chi connectivity index (χ0) is 54.3. The maximum absolute atomic E-state index is 12.4. The van der Waals surface area contributed by atoms with E-state index in [1.807, 2.05) is 0 Å². The molecule has 0 radical (unpaired) electrons. The molecule has 0 unspecified atom stereocenters. The van der Waals surface area contributed by atoms with Gasteiger partial charge in [-0.25, -0.2) is 0 Å². The number of hydrogen-bond donors (Lipinski definition) is 21. The van der Waals surface area contributed by atoms with E-state index in [0.717, 1.165) is 13.8 Å². The molecular formula is C40H70N2O31. The molecule has 0 spiro atoms. The minimum atomic E-state index is -2.33. The Morgan fingerprint density at radius 1 is 0.438 bits per heavy atom. The van der Waals surface area contributed by atoms with Crippen LogP contribution in [0.2, 0.25) is 0 Å². The van der Waals surface area contributed by atoms with Gasteiger partial charge in [-0.2, -0.15) is 0 Å². The van der Waals surface area contributed by atoms with Crippen LogP contribution in [0.15, 0.2) is 0 Å². The molecule has 2 amide bonds. The normalized spacial score (nSPS) is 45.2. The summed E-state index contributed by atoms with van der Waals surface area (Å²) in [6, 6.07) is -3.47. The molecule has 0 aromatic heterocycles. The number of nitrogens with one attached hydrogen (secondary N) is 2. The van der Waals surface area contributed by atoms with Gasteiger partial charge in [-0.05, 0) is 0 Å². The fraction of sp³-hybridized carbons (Fsp3) is 0.950. The van der Waals surface area contributed by atoms with E-state index in [0.29, 0.717) is 0 Å². The quantitative estimate of drug-likeness (QED) is 0.0479. The van der Waals surface area contributed by atoms with Crippen molar-refractivity contribution < 1.29 is 154 Å². The topological polar surface area (TPSA) is 535 Å². The highest BCUT2D eigenvalue weighted by atomic mass is 16.8. The smallest absolute Gasteiger partial charge is 0.217 e. The number of hydrogen-bond acceptors (Lipinski definition) is 31. The molecule has 0 aliphatic carbocycles. The Labute approximate surface area is 414 Å². The Morgan fingerprint density at radius 2 is 0.808 bits per heavy atom. The third kappa shape index (κ3) is 14.1. The molecule has 21 N–H and O–H groups in total. The first kappa shape index (κ1) is 61.6. The van der Waals surface area contributed by atoms with Crippen molar-refractivity contribution in [3.63, 3.8) is 0 Å². The molecule has 426 valence electrons. The fourth-order valence-electron chi connectivity index (χ4n) is 8.82. The largest absolute Gasteiger partial charge is 0.394 e. The van der Waals surface area contributed by atoms with Crippen molar-refractivity contribution in [2.45, 2.75) is 192 Å². The highest BCUT2D eigenvalue weighted by Crippen LogP contribution is 2.35. The van der Waals surface area contributed by atoms with Gasteiger partial charge in [0.25, 0.3) is 0 Å². The van der Waals surface area contributed by atoms with Crippen LogP contribution >= 0.6 is 0 Å². The van der Waals surface area contributed by atoms with Crippen LogP contribution in [0.25, 0.3) is 0 Å². The van der Waals surface area contributed by atoms with Crippen molar-refractivity contribution >= 4 is 11.8 Å². The second-order valence-corrected chi connectivity index (χ2v) is 18.0. The summed E-state index contributed by atoms with van der Waals surface area (Å²) in [5, 5.41) is 205. The predicted molar refractivity (Wildman–Crippen MR) is 225 cm³/mol. The lowest BCUT2D eigenvalue weighted by molar-refractivity contribution is -0.376. The summed E-state index contributed by atoms with van der Waals surface area (Å²) >= 11 is 0. The van der Waals surface area contributed by atoms with Gasteiger partial charge < -0.3 is 155 Å². The molecule has 33 heteroatoms. The first-order valence-electron chi connectivity index (χ1n) is 23.0. The van der Waals surface area contributed by atoms with E-state index in [4.69, 9.17) is 47.4 Å². The first-order chi connectivity index (χ1) is 34.5. The standard InChI is InChI=1S/C40H70N2O31/c1-10(49)41-19-25(57)33(72-40-31(63)35(24(56)16(6-46)67-40)73-39-30(62)28(60)23(55)15(5-45)66-39)17(7-47)68-36(19)64-9-13(52)21(53)32(12(51)3-43)70-37-20(42-11(2)50)26(58)34(18(8-48)69-37)71-38-29(61)27(59)22(54)14(4-44)65-38/h12-40,43-48,51-63H,3-9H2,1-2H3,(H,41,49)(H,42,50)/t12-,13+,14+,15+,16+,17+,18+,19+,20+,21-,22-,23-,24-,25+,26+,27-,28-,29+,30+,31+,32+,33+,34+,35-,36+,37-,38-,39+,40-/m0/s1. The van der Waals surface area contributed by atoms with Crippen molar-refractivity contribution in [2.75, 3.05) is 46.2 Å². The molecule has 5 aliphatic rings. The van der Waals surface area contributed by atoms with Gasteiger partial charge >= 0.3 is 0 Å². The van der Waals surface area contributed by atoms with E-state index in [1.54, 1.807) is 0 Å². The average Bonchev–Trinajstić information content (AvgIpc) is 3.36. The van der Waals surface area contributed by atoms with Crippen LogP contribution in [0.5, 0.6) is 0 Å². The summed E-state index contributed by atoms with van der Waals surface area (Å²) in [6.45, 7) is -4.96. The van der Waals surface area contributed by atoms with Crippen LogP contribution in [-0.4, -0.2) is 333 Å². The van der Waals surface area contributed by atoms with E-state index in [9.17, 15) is 107 Å². The predicted octanol–water partition coefficient (Wildman–Crippen LogP) is -14.2. The molecule has 0 aromatic rings. The monoisotopic (exact) mass is 1070 g/mol. The Balaban J connectivity index is 1.29.